The minimum absolute atomic E-state index is 0.282. The standard InChI is InChI=1S/C14H15ClFN3/c1-9-7-10(5-6-17)19-14(18-9)8-11-12(15)3-2-4-13(11)16/h2-4,7H,5-6,8,17H2,1H3. The number of aromatic nitrogens is 2. The number of hydrogen-bond acceptors (Lipinski definition) is 3. The van der Waals surface area contributed by atoms with E-state index in [1.807, 2.05) is 13.0 Å². The Morgan fingerprint density at radius 2 is 2.11 bits per heavy atom. The van der Waals surface area contributed by atoms with Crippen molar-refractivity contribution in [1.29, 1.82) is 0 Å². The van der Waals surface area contributed by atoms with Crippen molar-refractivity contribution in [2.45, 2.75) is 19.8 Å². The van der Waals surface area contributed by atoms with Crippen LogP contribution in [0.2, 0.25) is 5.02 Å². The van der Waals surface area contributed by atoms with Crippen LogP contribution in [0.3, 0.4) is 0 Å². The molecule has 1 aromatic carbocycles. The van der Waals surface area contributed by atoms with Gasteiger partial charge in [-0.2, -0.15) is 0 Å². The first kappa shape index (κ1) is 13.9. The topological polar surface area (TPSA) is 51.8 Å². The monoisotopic (exact) mass is 279 g/mol. The third-order valence-electron chi connectivity index (χ3n) is 2.75. The average molecular weight is 280 g/mol. The van der Waals surface area contributed by atoms with Gasteiger partial charge in [0.25, 0.3) is 0 Å². The van der Waals surface area contributed by atoms with Gasteiger partial charge in [0, 0.05) is 34.8 Å². The number of hydrogen-bond donors (Lipinski definition) is 1. The highest BCUT2D eigenvalue weighted by molar-refractivity contribution is 6.31. The van der Waals surface area contributed by atoms with Gasteiger partial charge < -0.3 is 5.73 Å². The first-order valence-corrected chi connectivity index (χ1v) is 6.44. The number of nitrogens with two attached hydrogens (primary N) is 1. The first-order valence-electron chi connectivity index (χ1n) is 6.06. The molecule has 0 aliphatic carbocycles. The van der Waals surface area contributed by atoms with Crippen LogP contribution in [-0.4, -0.2) is 16.5 Å². The summed E-state index contributed by atoms with van der Waals surface area (Å²) in [5.74, 6) is 0.230. The molecule has 0 aliphatic rings. The van der Waals surface area contributed by atoms with E-state index < -0.39 is 0 Å². The van der Waals surface area contributed by atoms with Crippen LogP contribution in [0, 0.1) is 12.7 Å². The zero-order valence-corrected chi connectivity index (χ0v) is 11.4. The normalized spacial score (nSPS) is 10.7. The Balaban J connectivity index is 2.33. The fourth-order valence-electron chi connectivity index (χ4n) is 1.91. The van der Waals surface area contributed by atoms with E-state index in [1.165, 1.54) is 6.07 Å². The number of nitrogens with zero attached hydrogens (tertiary/aromatic N) is 2. The second-order valence-electron chi connectivity index (χ2n) is 4.33. The molecule has 0 saturated carbocycles. The molecule has 0 saturated heterocycles. The fraction of sp³-hybridized carbons (Fsp3) is 0.286. The largest absolute Gasteiger partial charge is 0.330 e. The van der Waals surface area contributed by atoms with Crippen LogP contribution in [0.4, 0.5) is 4.39 Å². The summed E-state index contributed by atoms with van der Waals surface area (Å²) >= 11 is 6.00. The maximum absolute atomic E-state index is 13.7. The lowest BCUT2D eigenvalue weighted by atomic mass is 10.1. The van der Waals surface area contributed by atoms with Gasteiger partial charge in [0.1, 0.15) is 11.6 Å². The smallest absolute Gasteiger partial charge is 0.133 e. The van der Waals surface area contributed by atoms with E-state index in [9.17, 15) is 4.39 Å². The summed E-state index contributed by atoms with van der Waals surface area (Å²) in [5, 5.41) is 0.394. The molecule has 1 heterocycles. The summed E-state index contributed by atoms with van der Waals surface area (Å²) < 4.78 is 13.7. The average Bonchev–Trinajstić information content (AvgIpc) is 2.34. The summed E-state index contributed by atoms with van der Waals surface area (Å²) in [6, 6.07) is 6.52. The number of aryl methyl sites for hydroxylation is 1. The molecule has 0 bridgehead atoms. The number of halogens is 2. The van der Waals surface area contributed by atoms with Crippen LogP contribution in [-0.2, 0) is 12.8 Å². The molecule has 2 rings (SSSR count). The van der Waals surface area contributed by atoms with Gasteiger partial charge in [-0.1, -0.05) is 17.7 Å². The molecule has 19 heavy (non-hydrogen) atoms. The fourth-order valence-corrected chi connectivity index (χ4v) is 2.14. The summed E-state index contributed by atoms with van der Waals surface area (Å²) in [7, 11) is 0. The molecule has 3 nitrogen and oxygen atoms in total. The van der Waals surface area contributed by atoms with Gasteiger partial charge in [-0.25, -0.2) is 14.4 Å². The zero-order valence-electron chi connectivity index (χ0n) is 10.7. The van der Waals surface area contributed by atoms with Crippen molar-refractivity contribution in [1.82, 2.24) is 9.97 Å². The second-order valence-corrected chi connectivity index (χ2v) is 4.74. The second kappa shape index (κ2) is 6.08. The number of rotatable bonds is 4. The van der Waals surface area contributed by atoms with Crippen LogP contribution in [0.5, 0.6) is 0 Å². The third-order valence-corrected chi connectivity index (χ3v) is 3.10. The van der Waals surface area contributed by atoms with E-state index in [2.05, 4.69) is 9.97 Å². The lowest BCUT2D eigenvalue weighted by Gasteiger charge is -2.07. The summed E-state index contributed by atoms with van der Waals surface area (Å²) in [6.45, 7) is 2.41. The Hall–Kier alpha value is -1.52. The number of benzene rings is 1. The van der Waals surface area contributed by atoms with Gasteiger partial charge in [0.2, 0.25) is 0 Å². The molecular weight excluding hydrogens is 265 g/mol. The predicted molar refractivity (Wildman–Crippen MR) is 73.7 cm³/mol. The van der Waals surface area contributed by atoms with E-state index >= 15 is 0 Å². The van der Waals surface area contributed by atoms with Gasteiger partial charge in [0.15, 0.2) is 0 Å². The van der Waals surface area contributed by atoms with Crippen molar-refractivity contribution in [2.75, 3.05) is 6.54 Å². The van der Waals surface area contributed by atoms with Crippen LogP contribution >= 0.6 is 11.6 Å². The molecule has 0 radical (unpaired) electrons. The highest BCUT2D eigenvalue weighted by atomic mass is 35.5. The van der Waals surface area contributed by atoms with Crippen molar-refractivity contribution in [3.63, 3.8) is 0 Å². The molecule has 2 aromatic rings. The van der Waals surface area contributed by atoms with E-state index in [1.54, 1.807) is 12.1 Å². The third kappa shape index (κ3) is 3.49. The van der Waals surface area contributed by atoms with Crippen molar-refractivity contribution >= 4 is 11.6 Å². The lowest BCUT2D eigenvalue weighted by molar-refractivity contribution is 0.611. The molecule has 0 unspecified atom stereocenters. The van der Waals surface area contributed by atoms with Gasteiger partial charge in [0.05, 0.1) is 0 Å². The molecular formula is C14H15ClFN3. The van der Waals surface area contributed by atoms with Crippen LogP contribution in [0.1, 0.15) is 22.8 Å². The maximum Gasteiger partial charge on any atom is 0.133 e. The molecule has 2 N–H and O–H groups in total. The molecule has 5 heteroatoms. The van der Waals surface area contributed by atoms with Gasteiger partial charge in [-0.15, -0.1) is 0 Å². The molecule has 0 amide bonds. The van der Waals surface area contributed by atoms with Crippen LogP contribution < -0.4 is 5.73 Å². The summed E-state index contributed by atoms with van der Waals surface area (Å²) in [6.07, 6.45) is 0.964. The maximum atomic E-state index is 13.7. The Morgan fingerprint density at radius 1 is 1.32 bits per heavy atom. The summed E-state index contributed by atoms with van der Waals surface area (Å²) in [4.78, 5) is 8.70. The molecule has 0 aliphatic heterocycles. The Kier molecular flexibility index (Phi) is 4.45. The quantitative estimate of drug-likeness (QED) is 0.936. The Labute approximate surface area is 116 Å². The highest BCUT2D eigenvalue weighted by Gasteiger charge is 2.10. The minimum Gasteiger partial charge on any atom is -0.330 e. The zero-order chi connectivity index (χ0) is 13.8. The van der Waals surface area contributed by atoms with Crippen molar-refractivity contribution in [3.05, 3.63) is 57.9 Å². The lowest BCUT2D eigenvalue weighted by Crippen LogP contribution is -2.08. The molecule has 0 spiro atoms. The predicted octanol–water partition coefficient (Wildman–Crippen LogP) is 2.67. The van der Waals surface area contributed by atoms with Crippen molar-refractivity contribution < 1.29 is 4.39 Å². The molecule has 1 aromatic heterocycles. The minimum atomic E-state index is -0.335. The van der Waals surface area contributed by atoms with Gasteiger partial charge >= 0.3 is 0 Å². The van der Waals surface area contributed by atoms with E-state index in [4.69, 9.17) is 17.3 Å². The highest BCUT2D eigenvalue weighted by Crippen LogP contribution is 2.21. The molecule has 100 valence electrons. The molecule has 0 fully saturated rings. The Bertz CT molecular complexity index is 567. The van der Waals surface area contributed by atoms with Crippen LogP contribution in [0.25, 0.3) is 0 Å². The van der Waals surface area contributed by atoms with Gasteiger partial charge in [-0.05, 0) is 31.7 Å². The first-order chi connectivity index (χ1) is 9.10. The van der Waals surface area contributed by atoms with Crippen LogP contribution in [0.15, 0.2) is 24.3 Å². The van der Waals surface area contributed by atoms with Gasteiger partial charge in [-0.3, -0.25) is 0 Å². The van der Waals surface area contributed by atoms with E-state index in [0.29, 0.717) is 29.4 Å². The molecule has 0 atom stereocenters. The van der Waals surface area contributed by atoms with Crippen molar-refractivity contribution in [2.24, 2.45) is 5.73 Å². The SMILES string of the molecule is Cc1cc(CCN)nc(Cc2c(F)cccc2Cl)n1. The van der Waals surface area contributed by atoms with Crippen molar-refractivity contribution in [3.8, 4) is 0 Å². The van der Waals surface area contributed by atoms with E-state index in [-0.39, 0.29) is 12.2 Å². The summed E-state index contributed by atoms with van der Waals surface area (Å²) in [5.41, 5.74) is 7.67. The van der Waals surface area contributed by atoms with E-state index in [0.717, 1.165) is 11.4 Å². The Morgan fingerprint density at radius 3 is 2.79 bits per heavy atom.